The molecule has 0 saturated carbocycles. The van der Waals surface area contributed by atoms with E-state index in [4.69, 9.17) is 11.6 Å². The molecule has 2 aromatic rings. The number of amidine groups is 1. The molecule has 0 fully saturated rings. The Bertz CT molecular complexity index is 842. The van der Waals surface area contributed by atoms with E-state index in [1.807, 2.05) is 43.3 Å². The molecule has 5 nitrogen and oxygen atoms in total. The highest BCUT2D eigenvalue weighted by Crippen LogP contribution is 2.30. The number of amides is 2. The summed E-state index contributed by atoms with van der Waals surface area (Å²) in [5, 5.41) is 3.91. The molecule has 7 heteroatoms. The average molecular weight is 388 g/mol. The molecule has 0 aliphatic carbocycles. The molecular weight excluding hydrogens is 370 g/mol. The zero-order valence-corrected chi connectivity index (χ0v) is 15.8. The molecule has 2 amide bonds. The van der Waals surface area contributed by atoms with Gasteiger partial charge >= 0.3 is 0 Å². The van der Waals surface area contributed by atoms with Crippen molar-refractivity contribution in [1.29, 1.82) is 0 Å². The molecule has 0 radical (unpaired) electrons. The molecule has 1 N–H and O–H groups in total. The smallest absolute Gasteiger partial charge is 0.254 e. The van der Waals surface area contributed by atoms with Gasteiger partial charge in [-0.15, -0.1) is 0 Å². The number of nitrogens with one attached hydrogen (secondary N) is 1. The summed E-state index contributed by atoms with van der Waals surface area (Å²) in [4.78, 5) is 30.2. The van der Waals surface area contributed by atoms with Crippen LogP contribution in [0.2, 0.25) is 5.02 Å². The summed E-state index contributed by atoms with van der Waals surface area (Å²) in [6, 6.07) is 16.8. The minimum Gasteiger partial charge on any atom is -0.349 e. The van der Waals surface area contributed by atoms with Crippen LogP contribution in [0.15, 0.2) is 59.6 Å². The van der Waals surface area contributed by atoms with Gasteiger partial charge in [0, 0.05) is 0 Å². The van der Waals surface area contributed by atoms with Crippen LogP contribution in [0.4, 0.5) is 5.69 Å². The third kappa shape index (κ3) is 4.26. The fourth-order valence-corrected chi connectivity index (χ4v) is 3.65. The molecule has 0 bridgehead atoms. The summed E-state index contributed by atoms with van der Waals surface area (Å²) in [6.45, 7) is 2.00. The van der Waals surface area contributed by atoms with Gasteiger partial charge in [-0.3, -0.25) is 19.5 Å². The second-order valence-corrected chi connectivity index (χ2v) is 7.12. The van der Waals surface area contributed by atoms with Gasteiger partial charge in [0.2, 0.25) is 5.91 Å². The van der Waals surface area contributed by atoms with Crippen molar-refractivity contribution in [2.24, 2.45) is 4.99 Å². The number of benzene rings is 2. The lowest BCUT2D eigenvalue weighted by atomic mass is 10.1. The number of halogens is 1. The second-order valence-electron chi connectivity index (χ2n) is 5.77. The molecule has 26 heavy (non-hydrogen) atoms. The highest BCUT2D eigenvalue weighted by molar-refractivity contribution is 8.14. The van der Waals surface area contributed by atoms with Gasteiger partial charge in [-0.2, -0.15) is 0 Å². The Kier molecular flexibility index (Phi) is 5.96. The van der Waals surface area contributed by atoms with Gasteiger partial charge in [0.05, 0.1) is 22.5 Å². The first-order valence-corrected chi connectivity index (χ1v) is 9.51. The normalized spacial score (nSPS) is 14.9. The molecule has 0 spiro atoms. The maximum Gasteiger partial charge on any atom is 0.254 e. The standard InChI is InChI=1S/C19H18ClN3O2S/c1-13(14-7-3-2-4-8-14)22-17(24)12-26-19-21-11-18(25)23(19)16-10-6-5-9-15(16)20/h2-10,13H,11-12H2,1H3,(H,22,24)/t13-/m1/s1. The predicted molar refractivity (Wildman–Crippen MR) is 107 cm³/mol. The maximum atomic E-state index is 12.3. The number of carbonyl (C=O) groups excluding carboxylic acids is 2. The van der Waals surface area contributed by atoms with Gasteiger partial charge < -0.3 is 5.32 Å². The van der Waals surface area contributed by atoms with Gasteiger partial charge in [-0.05, 0) is 24.6 Å². The minimum absolute atomic E-state index is 0.0651. The van der Waals surface area contributed by atoms with E-state index in [1.54, 1.807) is 18.2 Å². The molecule has 1 heterocycles. The molecule has 1 aliphatic heterocycles. The Morgan fingerprint density at radius 1 is 1.23 bits per heavy atom. The first-order chi connectivity index (χ1) is 12.6. The maximum absolute atomic E-state index is 12.3. The van der Waals surface area contributed by atoms with Gasteiger partial charge in [0.1, 0.15) is 6.54 Å². The van der Waals surface area contributed by atoms with Crippen molar-refractivity contribution in [1.82, 2.24) is 5.32 Å². The van der Waals surface area contributed by atoms with Gasteiger partial charge in [0.15, 0.2) is 5.17 Å². The Balaban J connectivity index is 1.61. The first kappa shape index (κ1) is 18.5. The van der Waals surface area contributed by atoms with Crippen molar-refractivity contribution in [2.45, 2.75) is 13.0 Å². The quantitative estimate of drug-likeness (QED) is 0.851. The SMILES string of the molecule is C[C@@H](NC(=O)CSC1=NCC(=O)N1c1ccccc1Cl)c1ccccc1. The minimum atomic E-state index is -0.154. The third-order valence-electron chi connectivity index (χ3n) is 3.89. The third-order valence-corrected chi connectivity index (χ3v) is 5.19. The molecule has 1 aliphatic rings. The van der Waals surface area contributed by atoms with E-state index >= 15 is 0 Å². The summed E-state index contributed by atoms with van der Waals surface area (Å²) in [7, 11) is 0. The van der Waals surface area contributed by atoms with Crippen LogP contribution in [-0.4, -0.2) is 29.3 Å². The van der Waals surface area contributed by atoms with E-state index in [9.17, 15) is 9.59 Å². The van der Waals surface area contributed by atoms with Crippen LogP contribution >= 0.6 is 23.4 Å². The molecule has 134 valence electrons. The van der Waals surface area contributed by atoms with Crippen molar-refractivity contribution >= 4 is 46.0 Å². The largest absolute Gasteiger partial charge is 0.349 e. The number of aliphatic imine (C=N–C) groups is 1. The number of hydrogen-bond acceptors (Lipinski definition) is 4. The zero-order valence-electron chi connectivity index (χ0n) is 14.2. The van der Waals surface area contributed by atoms with E-state index in [2.05, 4.69) is 10.3 Å². The van der Waals surface area contributed by atoms with Crippen LogP contribution in [0.25, 0.3) is 0 Å². The Labute approximate surface area is 161 Å². The number of rotatable bonds is 5. The summed E-state index contributed by atoms with van der Waals surface area (Å²) >= 11 is 7.43. The fraction of sp³-hybridized carbons (Fsp3) is 0.211. The van der Waals surface area contributed by atoms with E-state index in [0.29, 0.717) is 15.9 Å². The van der Waals surface area contributed by atoms with Crippen LogP contribution in [-0.2, 0) is 9.59 Å². The van der Waals surface area contributed by atoms with Gasteiger partial charge in [-0.1, -0.05) is 65.8 Å². The number of carbonyl (C=O) groups is 2. The van der Waals surface area contributed by atoms with E-state index in [0.717, 1.165) is 5.56 Å². The highest BCUT2D eigenvalue weighted by atomic mass is 35.5. The Morgan fingerprint density at radius 2 is 1.92 bits per heavy atom. The monoisotopic (exact) mass is 387 g/mol. The Hall–Kier alpha value is -2.31. The molecule has 1 atom stereocenters. The predicted octanol–water partition coefficient (Wildman–Crippen LogP) is 3.65. The van der Waals surface area contributed by atoms with Crippen molar-refractivity contribution in [3.8, 4) is 0 Å². The van der Waals surface area contributed by atoms with Crippen LogP contribution in [0.3, 0.4) is 0 Å². The molecular formula is C19H18ClN3O2S. The number of para-hydroxylation sites is 1. The number of anilines is 1. The topological polar surface area (TPSA) is 61.8 Å². The lowest BCUT2D eigenvalue weighted by Gasteiger charge is -2.19. The summed E-state index contributed by atoms with van der Waals surface area (Å²) in [6.07, 6.45) is 0. The van der Waals surface area contributed by atoms with Crippen molar-refractivity contribution in [2.75, 3.05) is 17.2 Å². The van der Waals surface area contributed by atoms with Crippen LogP contribution in [0.5, 0.6) is 0 Å². The van der Waals surface area contributed by atoms with Crippen LogP contribution in [0.1, 0.15) is 18.5 Å². The average Bonchev–Trinajstić information content (AvgIpc) is 3.01. The number of hydrogen-bond donors (Lipinski definition) is 1. The molecule has 0 unspecified atom stereocenters. The summed E-state index contributed by atoms with van der Waals surface area (Å²) in [5.41, 5.74) is 1.62. The first-order valence-electron chi connectivity index (χ1n) is 8.15. The van der Waals surface area contributed by atoms with Crippen LogP contribution < -0.4 is 10.2 Å². The Morgan fingerprint density at radius 3 is 2.65 bits per heavy atom. The van der Waals surface area contributed by atoms with E-state index in [1.165, 1.54) is 16.7 Å². The van der Waals surface area contributed by atoms with Crippen molar-refractivity contribution in [3.05, 3.63) is 65.2 Å². The summed E-state index contributed by atoms with van der Waals surface area (Å²) < 4.78 is 0. The summed E-state index contributed by atoms with van der Waals surface area (Å²) in [5.74, 6) is -0.101. The second kappa shape index (κ2) is 8.38. The molecule has 2 aromatic carbocycles. The number of thioether (sulfide) groups is 1. The zero-order chi connectivity index (χ0) is 18.5. The van der Waals surface area contributed by atoms with E-state index < -0.39 is 0 Å². The molecule has 0 aromatic heterocycles. The van der Waals surface area contributed by atoms with Crippen molar-refractivity contribution in [3.63, 3.8) is 0 Å². The van der Waals surface area contributed by atoms with Gasteiger partial charge in [0.25, 0.3) is 5.91 Å². The van der Waals surface area contributed by atoms with E-state index in [-0.39, 0.29) is 30.2 Å². The van der Waals surface area contributed by atoms with Crippen LogP contribution in [0, 0.1) is 0 Å². The molecule has 3 rings (SSSR count). The fourth-order valence-electron chi connectivity index (χ4n) is 2.60. The van der Waals surface area contributed by atoms with Crippen molar-refractivity contribution < 1.29 is 9.59 Å². The lowest BCUT2D eigenvalue weighted by molar-refractivity contribution is -0.119. The number of nitrogens with zero attached hydrogens (tertiary/aromatic N) is 2. The molecule has 0 saturated heterocycles. The highest BCUT2D eigenvalue weighted by Gasteiger charge is 2.29. The lowest BCUT2D eigenvalue weighted by Crippen LogP contribution is -2.33. The van der Waals surface area contributed by atoms with Gasteiger partial charge in [-0.25, -0.2) is 0 Å².